The molecule has 6 heteroatoms. The highest BCUT2D eigenvalue weighted by Crippen LogP contribution is 2.08. The third-order valence-corrected chi connectivity index (χ3v) is 1.76. The second kappa shape index (κ2) is 5.64. The van der Waals surface area contributed by atoms with Gasteiger partial charge in [0.15, 0.2) is 0 Å². The summed E-state index contributed by atoms with van der Waals surface area (Å²) < 4.78 is 0. The third kappa shape index (κ3) is 2.91. The lowest BCUT2D eigenvalue weighted by atomic mass is 10.1. The molecule has 0 atom stereocenters. The van der Waals surface area contributed by atoms with Gasteiger partial charge in [-0.15, -0.1) is 0 Å². The lowest BCUT2D eigenvalue weighted by molar-refractivity contribution is -0.147. The molecule has 4 N–H and O–H groups in total. The molecule has 0 aliphatic carbocycles. The molecule has 16 heavy (non-hydrogen) atoms. The van der Waals surface area contributed by atoms with E-state index < -0.39 is 11.9 Å². The molecule has 0 amide bonds. The Kier molecular flexibility index (Phi) is 4.19. The molecule has 0 saturated carbocycles. The first kappa shape index (κ1) is 11.9. The number of benzene rings is 1. The van der Waals surface area contributed by atoms with E-state index in [0.717, 1.165) is 0 Å². The van der Waals surface area contributed by atoms with Crippen molar-refractivity contribution in [2.75, 3.05) is 0 Å². The van der Waals surface area contributed by atoms with Crippen molar-refractivity contribution in [3.63, 3.8) is 0 Å². The van der Waals surface area contributed by atoms with E-state index >= 15 is 0 Å². The molecule has 0 saturated heterocycles. The van der Waals surface area contributed by atoms with Crippen LogP contribution in [0.25, 0.3) is 6.08 Å². The van der Waals surface area contributed by atoms with E-state index in [1.807, 2.05) is 0 Å². The molecule has 0 bridgehead atoms. The van der Waals surface area contributed by atoms with Crippen molar-refractivity contribution >= 4 is 18.0 Å². The standard InChI is InChI=1S/C10H10N2O4/c11-15-9(13)8(10(14)16-12)6-7-4-2-1-3-5-7/h1-6H,11-12H2. The highest BCUT2D eigenvalue weighted by atomic mass is 16.7. The summed E-state index contributed by atoms with van der Waals surface area (Å²) in [5.41, 5.74) is 0.240. The zero-order valence-electron chi connectivity index (χ0n) is 8.25. The second-order valence-electron chi connectivity index (χ2n) is 2.78. The number of nitrogens with two attached hydrogens (primary N) is 2. The van der Waals surface area contributed by atoms with E-state index in [-0.39, 0.29) is 5.57 Å². The summed E-state index contributed by atoms with van der Waals surface area (Å²) in [6.07, 6.45) is 1.27. The van der Waals surface area contributed by atoms with Crippen molar-refractivity contribution in [1.82, 2.24) is 0 Å². The molecular formula is C10H10N2O4. The summed E-state index contributed by atoms with van der Waals surface area (Å²) in [5, 5.41) is 0. The molecular weight excluding hydrogens is 212 g/mol. The molecule has 1 aromatic rings. The summed E-state index contributed by atoms with van der Waals surface area (Å²) in [7, 11) is 0. The molecule has 0 unspecified atom stereocenters. The maximum atomic E-state index is 11.1. The molecule has 6 nitrogen and oxygen atoms in total. The lowest BCUT2D eigenvalue weighted by Gasteiger charge is -2.01. The molecule has 1 aromatic carbocycles. The number of carbonyl (C=O) groups is 2. The van der Waals surface area contributed by atoms with Crippen LogP contribution in [-0.2, 0) is 19.3 Å². The summed E-state index contributed by atoms with van der Waals surface area (Å²) >= 11 is 0. The van der Waals surface area contributed by atoms with Crippen molar-refractivity contribution in [2.24, 2.45) is 11.8 Å². The number of rotatable bonds is 3. The van der Waals surface area contributed by atoms with Gasteiger partial charge >= 0.3 is 11.9 Å². The van der Waals surface area contributed by atoms with Gasteiger partial charge in [0.2, 0.25) is 0 Å². The SMILES string of the molecule is NOC(=O)C(=Cc1ccccc1)C(=O)ON. The quantitative estimate of drug-likeness (QED) is 0.320. The van der Waals surface area contributed by atoms with Crippen LogP contribution < -0.4 is 11.8 Å². The summed E-state index contributed by atoms with van der Waals surface area (Å²) in [5.74, 6) is 7.33. The molecule has 0 radical (unpaired) electrons. The number of carbonyl (C=O) groups excluding carboxylic acids is 2. The molecule has 0 aromatic heterocycles. The largest absolute Gasteiger partial charge is 0.369 e. The van der Waals surface area contributed by atoms with Gasteiger partial charge in [-0.25, -0.2) is 9.59 Å². The van der Waals surface area contributed by atoms with Gasteiger partial charge in [-0.05, 0) is 11.6 Å². The monoisotopic (exact) mass is 222 g/mol. The van der Waals surface area contributed by atoms with Crippen molar-refractivity contribution in [3.8, 4) is 0 Å². The average molecular weight is 222 g/mol. The van der Waals surface area contributed by atoms with Crippen molar-refractivity contribution in [3.05, 3.63) is 41.5 Å². The minimum atomic E-state index is -1.01. The molecule has 0 aliphatic rings. The van der Waals surface area contributed by atoms with E-state index in [1.165, 1.54) is 6.08 Å². The first-order valence-corrected chi connectivity index (χ1v) is 4.28. The fourth-order valence-corrected chi connectivity index (χ4v) is 1.04. The predicted molar refractivity (Wildman–Crippen MR) is 55.0 cm³/mol. The third-order valence-electron chi connectivity index (χ3n) is 1.76. The molecule has 1 rings (SSSR count). The fourth-order valence-electron chi connectivity index (χ4n) is 1.04. The van der Waals surface area contributed by atoms with Gasteiger partial charge in [-0.3, -0.25) is 0 Å². The minimum absolute atomic E-state index is 0.379. The van der Waals surface area contributed by atoms with E-state index in [9.17, 15) is 9.59 Å². The van der Waals surface area contributed by atoms with Crippen LogP contribution in [0.4, 0.5) is 0 Å². The average Bonchev–Trinajstić information content (AvgIpc) is 2.35. The molecule has 0 fully saturated rings. The van der Waals surface area contributed by atoms with Crippen LogP contribution >= 0.6 is 0 Å². The summed E-state index contributed by atoms with van der Waals surface area (Å²) in [6.45, 7) is 0. The minimum Gasteiger partial charge on any atom is -0.369 e. The predicted octanol–water partition coefficient (Wildman–Crippen LogP) is -0.0962. The van der Waals surface area contributed by atoms with E-state index in [2.05, 4.69) is 21.5 Å². The maximum Gasteiger partial charge on any atom is 0.364 e. The molecule has 0 spiro atoms. The fraction of sp³-hybridized carbons (Fsp3) is 0. The normalized spacial score (nSPS) is 9.12. The van der Waals surface area contributed by atoms with Crippen LogP contribution in [0.2, 0.25) is 0 Å². The Morgan fingerprint density at radius 1 is 1.00 bits per heavy atom. The van der Waals surface area contributed by atoms with Crippen LogP contribution in [0, 0.1) is 0 Å². The smallest absolute Gasteiger partial charge is 0.364 e. The van der Waals surface area contributed by atoms with Gasteiger partial charge in [0.05, 0.1) is 0 Å². The zero-order valence-corrected chi connectivity index (χ0v) is 8.25. The van der Waals surface area contributed by atoms with Crippen molar-refractivity contribution in [2.45, 2.75) is 0 Å². The summed E-state index contributed by atoms with van der Waals surface area (Å²) in [4.78, 5) is 30.2. The number of hydrogen-bond acceptors (Lipinski definition) is 6. The van der Waals surface area contributed by atoms with E-state index in [1.54, 1.807) is 30.3 Å². The Morgan fingerprint density at radius 2 is 1.50 bits per heavy atom. The van der Waals surface area contributed by atoms with E-state index in [4.69, 9.17) is 0 Å². The highest BCUT2D eigenvalue weighted by molar-refractivity contribution is 6.17. The van der Waals surface area contributed by atoms with Crippen LogP contribution in [0.5, 0.6) is 0 Å². The van der Waals surface area contributed by atoms with Gasteiger partial charge in [0.1, 0.15) is 5.57 Å². The Labute approximate surface area is 91.3 Å². The van der Waals surface area contributed by atoms with Crippen molar-refractivity contribution < 1.29 is 19.3 Å². The van der Waals surface area contributed by atoms with Crippen molar-refractivity contribution in [1.29, 1.82) is 0 Å². The van der Waals surface area contributed by atoms with Gasteiger partial charge in [-0.2, -0.15) is 11.8 Å². The van der Waals surface area contributed by atoms with E-state index in [0.29, 0.717) is 5.56 Å². The maximum absolute atomic E-state index is 11.1. The molecule has 84 valence electrons. The Balaban J connectivity index is 3.06. The van der Waals surface area contributed by atoms with Crippen LogP contribution in [-0.4, -0.2) is 11.9 Å². The van der Waals surface area contributed by atoms with Crippen LogP contribution in [0.1, 0.15) is 5.56 Å². The first-order valence-electron chi connectivity index (χ1n) is 4.28. The van der Waals surface area contributed by atoms with Crippen LogP contribution in [0.15, 0.2) is 35.9 Å². The molecule has 0 aliphatic heterocycles. The second-order valence-corrected chi connectivity index (χ2v) is 2.78. The lowest BCUT2D eigenvalue weighted by Crippen LogP contribution is -2.22. The van der Waals surface area contributed by atoms with Gasteiger partial charge in [0.25, 0.3) is 0 Å². The molecule has 0 heterocycles. The number of hydrogen-bond donors (Lipinski definition) is 2. The van der Waals surface area contributed by atoms with Crippen LogP contribution in [0.3, 0.4) is 0 Å². The first-order chi connectivity index (χ1) is 7.69. The Hall–Kier alpha value is -2.18. The zero-order chi connectivity index (χ0) is 12.0. The van der Waals surface area contributed by atoms with Gasteiger partial charge in [-0.1, -0.05) is 30.3 Å². The van der Waals surface area contributed by atoms with Gasteiger partial charge in [0, 0.05) is 0 Å². The summed E-state index contributed by atoms with van der Waals surface area (Å²) in [6, 6.07) is 8.65. The topological polar surface area (TPSA) is 105 Å². The highest BCUT2D eigenvalue weighted by Gasteiger charge is 2.20. The van der Waals surface area contributed by atoms with Gasteiger partial charge < -0.3 is 9.68 Å². The Morgan fingerprint density at radius 3 is 1.94 bits per heavy atom. The Bertz CT molecular complexity index is 396.